The van der Waals surface area contributed by atoms with E-state index in [1.165, 1.54) is 0 Å². The third-order valence-corrected chi connectivity index (χ3v) is 5.20. The number of aliphatic hydroxyl groups excluding tert-OH is 2. The first-order valence-electron chi connectivity index (χ1n) is 9.32. The summed E-state index contributed by atoms with van der Waals surface area (Å²) in [5, 5.41) is 18.7. The normalized spacial score (nSPS) is 30.6. The molecular formula is C20H30O6. The summed E-state index contributed by atoms with van der Waals surface area (Å²) in [6, 6.07) is 0. The van der Waals surface area contributed by atoms with Crippen LogP contribution in [0.1, 0.15) is 46.5 Å². The average Bonchev–Trinajstić information content (AvgIpc) is 2.86. The predicted octanol–water partition coefficient (Wildman–Crippen LogP) is 2.14. The number of esters is 2. The highest BCUT2D eigenvalue weighted by molar-refractivity contribution is 5.76. The smallest absolute Gasteiger partial charge is 0.309 e. The molecule has 2 N–H and O–H groups in total. The standard InChI is InChI=1S/C20H30O6/c1-12-5-4-6-15(11-22)9-17-19(14(3)20(24)26-17)16(7-12)25-18(23)8-13(2)10-21/h5,9,13-14,16-17,19,21-22H,4,6-8,10-11H2,1-3H3. The van der Waals surface area contributed by atoms with E-state index in [0.717, 1.165) is 17.6 Å². The van der Waals surface area contributed by atoms with Crippen molar-refractivity contribution in [3.63, 3.8) is 0 Å². The lowest BCUT2D eigenvalue weighted by Crippen LogP contribution is -2.36. The van der Waals surface area contributed by atoms with Crippen molar-refractivity contribution in [3.8, 4) is 0 Å². The molecule has 0 aromatic rings. The first kappa shape index (κ1) is 20.6. The minimum Gasteiger partial charge on any atom is -0.462 e. The van der Waals surface area contributed by atoms with E-state index in [4.69, 9.17) is 14.6 Å². The predicted molar refractivity (Wildman–Crippen MR) is 96.1 cm³/mol. The number of rotatable bonds is 5. The van der Waals surface area contributed by atoms with Crippen LogP contribution in [0, 0.1) is 17.8 Å². The molecule has 1 fully saturated rings. The van der Waals surface area contributed by atoms with Gasteiger partial charge < -0.3 is 19.7 Å². The number of aliphatic hydroxyl groups is 2. The SMILES string of the molecule is CC1=CCCC(CO)=CC2OC(=O)C(C)C2C(OC(=O)CC(C)CO)C1. The zero-order valence-corrected chi connectivity index (χ0v) is 15.8. The van der Waals surface area contributed by atoms with Crippen LogP contribution in [0.5, 0.6) is 0 Å². The van der Waals surface area contributed by atoms with E-state index in [2.05, 4.69) is 6.08 Å². The monoisotopic (exact) mass is 366 g/mol. The zero-order valence-electron chi connectivity index (χ0n) is 15.8. The van der Waals surface area contributed by atoms with Crippen LogP contribution in [0.15, 0.2) is 23.3 Å². The van der Waals surface area contributed by atoms with Gasteiger partial charge in [0.2, 0.25) is 0 Å². The van der Waals surface area contributed by atoms with Crippen LogP contribution in [0.3, 0.4) is 0 Å². The molecule has 1 heterocycles. The number of ether oxygens (including phenoxy) is 2. The van der Waals surface area contributed by atoms with E-state index in [0.29, 0.717) is 12.8 Å². The molecule has 1 aliphatic heterocycles. The average molecular weight is 366 g/mol. The summed E-state index contributed by atoms with van der Waals surface area (Å²) >= 11 is 0. The van der Waals surface area contributed by atoms with Crippen molar-refractivity contribution in [2.24, 2.45) is 17.8 Å². The lowest BCUT2D eigenvalue weighted by molar-refractivity contribution is -0.154. The maximum absolute atomic E-state index is 12.3. The van der Waals surface area contributed by atoms with Crippen molar-refractivity contribution in [2.45, 2.75) is 58.7 Å². The second-order valence-electron chi connectivity index (χ2n) is 7.56. The number of allylic oxidation sites excluding steroid dienone is 1. The molecule has 2 aliphatic rings. The molecule has 5 unspecified atom stereocenters. The number of carbonyl (C=O) groups is 2. The van der Waals surface area contributed by atoms with E-state index in [-0.39, 0.29) is 43.4 Å². The lowest BCUT2D eigenvalue weighted by Gasteiger charge is -2.29. The molecule has 5 atom stereocenters. The van der Waals surface area contributed by atoms with Crippen LogP contribution in [-0.4, -0.2) is 47.6 Å². The second kappa shape index (κ2) is 9.33. The molecule has 0 aromatic carbocycles. The molecule has 26 heavy (non-hydrogen) atoms. The fourth-order valence-corrected chi connectivity index (χ4v) is 3.61. The van der Waals surface area contributed by atoms with E-state index in [9.17, 15) is 14.7 Å². The van der Waals surface area contributed by atoms with Crippen molar-refractivity contribution < 1.29 is 29.3 Å². The van der Waals surface area contributed by atoms with Gasteiger partial charge in [0.25, 0.3) is 0 Å². The van der Waals surface area contributed by atoms with Crippen molar-refractivity contribution in [3.05, 3.63) is 23.3 Å². The molecule has 2 rings (SSSR count). The fraction of sp³-hybridized carbons (Fsp3) is 0.700. The Balaban J connectivity index is 2.29. The van der Waals surface area contributed by atoms with Crippen LogP contribution in [-0.2, 0) is 19.1 Å². The topological polar surface area (TPSA) is 93.1 Å². The maximum Gasteiger partial charge on any atom is 0.309 e. The molecule has 0 radical (unpaired) electrons. The highest BCUT2D eigenvalue weighted by Crippen LogP contribution is 2.37. The first-order chi connectivity index (χ1) is 12.3. The van der Waals surface area contributed by atoms with Crippen LogP contribution in [0.4, 0.5) is 0 Å². The molecule has 146 valence electrons. The summed E-state index contributed by atoms with van der Waals surface area (Å²) in [4.78, 5) is 24.5. The van der Waals surface area contributed by atoms with Gasteiger partial charge in [-0.3, -0.25) is 9.59 Å². The van der Waals surface area contributed by atoms with Crippen molar-refractivity contribution >= 4 is 11.9 Å². The highest BCUT2D eigenvalue weighted by Gasteiger charge is 2.47. The van der Waals surface area contributed by atoms with Gasteiger partial charge in [0.15, 0.2) is 0 Å². The lowest BCUT2D eigenvalue weighted by atomic mass is 9.82. The molecule has 1 saturated heterocycles. The van der Waals surface area contributed by atoms with Crippen molar-refractivity contribution in [1.29, 1.82) is 0 Å². The Hall–Kier alpha value is -1.66. The van der Waals surface area contributed by atoms with Gasteiger partial charge in [0.1, 0.15) is 12.2 Å². The Morgan fingerprint density at radius 1 is 1.42 bits per heavy atom. The maximum atomic E-state index is 12.3. The molecule has 0 saturated carbocycles. The summed E-state index contributed by atoms with van der Waals surface area (Å²) in [5.41, 5.74) is 1.91. The van der Waals surface area contributed by atoms with Crippen molar-refractivity contribution in [2.75, 3.05) is 13.2 Å². The number of carbonyl (C=O) groups excluding carboxylic acids is 2. The molecule has 1 aliphatic carbocycles. The van der Waals surface area contributed by atoms with Crippen LogP contribution < -0.4 is 0 Å². The van der Waals surface area contributed by atoms with Crippen LogP contribution in [0.25, 0.3) is 0 Å². The summed E-state index contributed by atoms with van der Waals surface area (Å²) < 4.78 is 11.3. The van der Waals surface area contributed by atoms with Gasteiger partial charge in [-0.15, -0.1) is 0 Å². The fourth-order valence-electron chi connectivity index (χ4n) is 3.61. The molecule has 0 spiro atoms. The quantitative estimate of drug-likeness (QED) is 0.572. The van der Waals surface area contributed by atoms with Crippen molar-refractivity contribution in [1.82, 2.24) is 0 Å². The molecule has 0 aromatic heterocycles. The van der Waals surface area contributed by atoms with Gasteiger partial charge in [-0.25, -0.2) is 0 Å². The number of hydrogen-bond acceptors (Lipinski definition) is 6. The zero-order chi connectivity index (χ0) is 19.3. The number of hydrogen-bond donors (Lipinski definition) is 2. The largest absolute Gasteiger partial charge is 0.462 e. The Morgan fingerprint density at radius 2 is 2.15 bits per heavy atom. The molecule has 0 amide bonds. The highest BCUT2D eigenvalue weighted by atomic mass is 16.6. The van der Waals surface area contributed by atoms with E-state index >= 15 is 0 Å². The van der Waals surface area contributed by atoms with Gasteiger partial charge in [0, 0.05) is 13.0 Å². The third kappa shape index (κ3) is 5.17. The van der Waals surface area contributed by atoms with Crippen LogP contribution >= 0.6 is 0 Å². The van der Waals surface area contributed by atoms with Gasteiger partial charge in [-0.05, 0) is 37.3 Å². The molecular weight excluding hydrogens is 336 g/mol. The molecule has 6 nitrogen and oxygen atoms in total. The van der Waals surface area contributed by atoms with Crippen LogP contribution in [0.2, 0.25) is 0 Å². The van der Waals surface area contributed by atoms with E-state index in [1.54, 1.807) is 13.8 Å². The molecule has 6 heteroatoms. The Labute approximate surface area is 154 Å². The Morgan fingerprint density at radius 3 is 2.81 bits per heavy atom. The van der Waals surface area contributed by atoms with E-state index in [1.807, 2.05) is 13.0 Å². The summed E-state index contributed by atoms with van der Waals surface area (Å²) in [7, 11) is 0. The first-order valence-corrected chi connectivity index (χ1v) is 9.32. The summed E-state index contributed by atoms with van der Waals surface area (Å²) in [5.74, 6) is -1.54. The minimum absolute atomic E-state index is 0.0780. The van der Waals surface area contributed by atoms with E-state index < -0.39 is 18.1 Å². The van der Waals surface area contributed by atoms with Gasteiger partial charge in [0.05, 0.1) is 24.9 Å². The molecule has 0 bridgehead atoms. The van der Waals surface area contributed by atoms with Gasteiger partial charge in [-0.1, -0.05) is 25.5 Å². The van der Waals surface area contributed by atoms with Gasteiger partial charge in [-0.2, -0.15) is 0 Å². The third-order valence-electron chi connectivity index (χ3n) is 5.20. The summed E-state index contributed by atoms with van der Waals surface area (Å²) in [6.45, 7) is 5.40. The van der Waals surface area contributed by atoms with Gasteiger partial charge >= 0.3 is 11.9 Å². The Kier molecular flexibility index (Phi) is 7.41. The second-order valence-corrected chi connectivity index (χ2v) is 7.56. The number of fused-ring (bicyclic) bond motifs is 1. The Bertz CT molecular complexity index is 579. The summed E-state index contributed by atoms with van der Waals surface area (Å²) in [6.07, 6.45) is 5.09. The minimum atomic E-state index is -0.501.